The van der Waals surface area contributed by atoms with E-state index < -0.39 is 49.6 Å². The van der Waals surface area contributed by atoms with E-state index >= 15 is 4.39 Å². The molecule has 3 aromatic carbocycles. The van der Waals surface area contributed by atoms with Gasteiger partial charge in [0.25, 0.3) is 5.91 Å². The van der Waals surface area contributed by atoms with Crippen LogP contribution in [0.3, 0.4) is 0 Å². The number of nitrogens with zero attached hydrogens (tertiary/aromatic N) is 3. The first-order valence-electron chi connectivity index (χ1n) is 24.1. The number of esters is 1. The smallest absolute Gasteiger partial charge is 0.355 e. The van der Waals surface area contributed by atoms with Crippen LogP contribution in [0.5, 0.6) is 5.75 Å². The zero-order valence-electron chi connectivity index (χ0n) is 38.1. The highest BCUT2D eigenvalue weighted by Gasteiger charge is 2.59. The van der Waals surface area contributed by atoms with Gasteiger partial charge >= 0.3 is 13.5 Å². The summed E-state index contributed by atoms with van der Waals surface area (Å²) in [6.07, 6.45) is 8.01. The SMILES string of the molecule is C[C@H](N[P@@](=O)(Oc1ccccc1)[C@H](F)c1ccc2sc(C(=O)N[C@H]3CC[C@H](N(C)C4CC(F)C4)C[C@H]4CC[C@@H](C(=O)N5C[C@H](c6ccccc6)CC56CC6)N4C3=O)cc2c1)C(=O)OC1CCC1. The van der Waals surface area contributed by atoms with Gasteiger partial charge in [-0.25, -0.2) is 13.9 Å². The lowest BCUT2D eigenvalue weighted by Gasteiger charge is -2.45. The Morgan fingerprint density at radius 3 is 2.33 bits per heavy atom. The highest BCUT2D eigenvalue weighted by atomic mass is 32.1. The van der Waals surface area contributed by atoms with Crippen molar-refractivity contribution in [1.82, 2.24) is 25.1 Å². The third-order valence-corrected chi connectivity index (χ3v) is 18.8. The number of hydrogen-bond donors (Lipinski definition) is 2. The van der Waals surface area contributed by atoms with Crippen molar-refractivity contribution in [3.63, 3.8) is 0 Å². The summed E-state index contributed by atoms with van der Waals surface area (Å²) in [5, 5.41) is 6.24. The summed E-state index contributed by atoms with van der Waals surface area (Å²) in [6.45, 7) is 2.08. The van der Waals surface area contributed by atoms with Gasteiger partial charge in [-0.2, -0.15) is 0 Å². The van der Waals surface area contributed by atoms with Crippen molar-refractivity contribution >= 4 is 52.6 Å². The Morgan fingerprint density at radius 2 is 1.64 bits per heavy atom. The van der Waals surface area contributed by atoms with Gasteiger partial charge in [-0.3, -0.25) is 23.7 Å². The van der Waals surface area contributed by atoms with Crippen LogP contribution in [0.1, 0.15) is 123 Å². The highest BCUT2D eigenvalue weighted by molar-refractivity contribution is 7.57. The van der Waals surface area contributed by atoms with Crippen LogP contribution in [0, 0.1) is 0 Å². The Hall–Kier alpha value is -4.69. The zero-order chi connectivity index (χ0) is 46.6. The van der Waals surface area contributed by atoms with Gasteiger partial charge in [-0.1, -0.05) is 54.6 Å². The molecular weight excluding hydrogens is 896 g/mol. The number of nitrogens with one attached hydrogen (secondary N) is 2. The molecule has 4 heterocycles. The number of thiophene rings is 1. The molecule has 3 aliphatic heterocycles. The number of rotatable bonds is 14. The molecule has 6 aliphatic rings. The fourth-order valence-electron chi connectivity index (χ4n) is 11.2. The van der Waals surface area contributed by atoms with Crippen LogP contribution >= 0.6 is 18.9 Å². The van der Waals surface area contributed by atoms with Gasteiger partial charge in [0.05, 0.1) is 4.88 Å². The van der Waals surface area contributed by atoms with Crippen LogP contribution in [-0.2, 0) is 23.7 Å². The second-order valence-corrected chi connectivity index (χ2v) is 23.1. The van der Waals surface area contributed by atoms with Gasteiger partial charge < -0.3 is 29.3 Å². The maximum Gasteiger partial charge on any atom is 0.355 e. The first-order chi connectivity index (χ1) is 32.3. The molecule has 10 rings (SSSR count). The summed E-state index contributed by atoms with van der Waals surface area (Å²) < 4.78 is 57.5. The predicted molar refractivity (Wildman–Crippen MR) is 252 cm³/mol. The zero-order valence-corrected chi connectivity index (χ0v) is 39.8. The maximum absolute atomic E-state index is 16.8. The molecule has 2 N–H and O–H groups in total. The second-order valence-electron chi connectivity index (χ2n) is 19.9. The van der Waals surface area contributed by atoms with Crippen LogP contribution in [0.2, 0.25) is 0 Å². The van der Waals surface area contributed by atoms with Gasteiger partial charge in [-0.05, 0) is 144 Å². The number of benzene rings is 3. The second kappa shape index (κ2) is 18.7. The summed E-state index contributed by atoms with van der Waals surface area (Å²) >= 11 is 1.19. The molecule has 6 fully saturated rings. The third-order valence-electron chi connectivity index (χ3n) is 15.5. The number of likely N-dealkylation sites (tertiary alicyclic amines) is 1. The molecule has 356 valence electrons. The minimum absolute atomic E-state index is 0.00921. The van der Waals surface area contributed by atoms with Gasteiger partial charge in [0.1, 0.15) is 36.2 Å². The predicted octanol–water partition coefficient (Wildman–Crippen LogP) is 9.21. The first kappa shape index (κ1) is 46.1. The quantitative estimate of drug-likeness (QED) is 0.0937. The van der Waals surface area contributed by atoms with E-state index in [0.29, 0.717) is 66.5 Å². The van der Waals surface area contributed by atoms with E-state index in [1.54, 1.807) is 47.4 Å². The summed E-state index contributed by atoms with van der Waals surface area (Å²) in [6, 6.07) is 22.1. The molecule has 0 radical (unpaired) electrons. The number of carbonyl (C=O) groups excluding carboxylic acids is 4. The molecule has 67 heavy (non-hydrogen) atoms. The van der Waals surface area contributed by atoms with Crippen LogP contribution in [0.15, 0.2) is 84.9 Å². The van der Waals surface area contributed by atoms with Crippen LogP contribution in [-0.4, -0.2) is 106 Å². The van der Waals surface area contributed by atoms with Crippen molar-refractivity contribution in [1.29, 1.82) is 0 Å². The van der Waals surface area contributed by atoms with E-state index in [2.05, 4.69) is 32.3 Å². The lowest BCUT2D eigenvalue weighted by molar-refractivity contribution is -0.154. The van der Waals surface area contributed by atoms with E-state index in [-0.39, 0.29) is 58.8 Å². The number of carbonyl (C=O) groups is 4. The van der Waals surface area contributed by atoms with Crippen LogP contribution < -0.4 is 14.9 Å². The first-order valence-corrected chi connectivity index (χ1v) is 26.6. The average molecular weight is 956 g/mol. The minimum atomic E-state index is -4.48. The number of halogens is 2. The monoisotopic (exact) mass is 955 g/mol. The summed E-state index contributed by atoms with van der Waals surface area (Å²) in [5.74, 6) is -3.20. The lowest BCUT2D eigenvalue weighted by Crippen LogP contribution is -2.59. The van der Waals surface area contributed by atoms with Crippen LogP contribution in [0.4, 0.5) is 8.78 Å². The van der Waals surface area contributed by atoms with Crippen molar-refractivity contribution in [3.05, 3.63) is 101 Å². The number of hydrogen-bond acceptors (Lipinski definition) is 9. The summed E-state index contributed by atoms with van der Waals surface area (Å²) in [7, 11) is -2.45. The van der Waals surface area contributed by atoms with Crippen molar-refractivity contribution in [2.45, 2.75) is 156 Å². The Kier molecular flexibility index (Phi) is 12.8. The molecule has 3 aliphatic carbocycles. The Balaban J connectivity index is 0.884. The molecule has 4 aromatic rings. The third kappa shape index (κ3) is 9.30. The van der Waals surface area contributed by atoms with Crippen LogP contribution in [0.25, 0.3) is 10.1 Å². The normalized spacial score (nSPS) is 28.7. The maximum atomic E-state index is 16.8. The lowest BCUT2D eigenvalue weighted by atomic mass is 9.86. The number of ether oxygens (including phenoxy) is 1. The van der Waals surface area contributed by atoms with Gasteiger partial charge in [0.15, 0.2) is 0 Å². The average Bonchev–Trinajstić information content (AvgIpc) is 3.58. The molecule has 3 saturated carbocycles. The topological polar surface area (TPSA) is 138 Å². The summed E-state index contributed by atoms with van der Waals surface area (Å²) in [5.41, 5.74) is 1.06. The van der Waals surface area contributed by atoms with E-state index in [1.807, 2.05) is 25.2 Å². The van der Waals surface area contributed by atoms with E-state index in [4.69, 9.17) is 9.26 Å². The molecule has 1 aromatic heterocycles. The standard InChI is InChI=1S/C51H60F2N5O7PS/c1-31(50(62)64-40-14-9-15-40)55-66(63,65-41-12-7-4-8-13-41)46(53)33-16-21-44-34(24-33)25-45(67-44)47(59)54-42-19-17-37(56(2)39-26-36(52)27-39)28-38-18-20-43(58(38)48(42)60)49(61)57-30-35(29-51(57)22-23-51)32-10-5-3-6-11-32/h3-8,10-13,16,21,24-25,31,35-40,42-43,46H,9,14-15,17-20,22-23,26-30H2,1-2H3,(H,54,59)(H,55,63)/t31-,35+,36?,37-,38+,39?,42-,43-,46-,66-/m0/s1. The van der Waals surface area contributed by atoms with Crippen molar-refractivity contribution < 1.29 is 41.8 Å². The van der Waals surface area contributed by atoms with Gasteiger partial charge in [-0.15, -0.1) is 11.3 Å². The Bertz CT molecular complexity index is 2540. The fourth-order valence-corrected chi connectivity index (χ4v) is 14.0. The molecule has 8 atom stereocenters. The largest absolute Gasteiger partial charge is 0.461 e. The number of para-hydroxylation sites is 1. The fraction of sp³-hybridized carbons (Fsp3) is 0.529. The molecule has 12 nitrogen and oxygen atoms in total. The number of alkyl halides is 2. The molecule has 0 unspecified atom stereocenters. The molecular formula is C51H60F2N5O7PS. The molecule has 1 spiro atoms. The van der Waals surface area contributed by atoms with E-state index in [0.717, 1.165) is 38.5 Å². The van der Waals surface area contributed by atoms with Crippen molar-refractivity contribution in [2.24, 2.45) is 0 Å². The number of amides is 3. The van der Waals surface area contributed by atoms with Gasteiger partial charge in [0, 0.05) is 40.8 Å². The molecule has 3 saturated heterocycles. The number of fused-ring (bicyclic) bond motifs is 2. The molecule has 16 heteroatoms. The molecule has 3 amide bonds. The highest BCUT2D eigenvalue weighted by Crippen LogP contribution is 2.58. The Labute approximate surface area is 394 Å². The van der Waals surface area contributed by atoms with E-state index in [9.17, 15) is 28.1 Å². The van der Waals surface area contributed by atoms with Gasteiger partial charge in [0.2, 0.25) is 17.7 Å². The van der Waals surface area contributed by atoms with Crippen molar-refractivity contribution in [3.8, 4) is 5.75 Å². The Morgan fingerprint density at radius 1 is 0.910 bits per heavy atom. The molecule has 0 bridgehead atoms. The summed E-state index contributed by atoms with van der Waals surface area (Å²) in [4.78, 5) is 63.4. The van der Waals surface area contributed by atoms with E-state index in [1.165, 1.54) is 36.0 Å². The minimum Gasteiger partial charge on any atom is -0.461 e. The van der Waals surface area contributed by atoms with Crippen molar-refractivity contribution in [2.75, 3.05) is 13.6 Å².